The van der Waals surface area contributed by atoms with E-state index in [1.807, 2.05) is 19.9 Å². The fraction of sp³-hybridized carbons (Fsp3) is 0.290. The van der Waals surface area contributed by atoms with Gasteiger partial charge in [-0.3, -0.25) is 9.63 Å². The Hall–Kier alpha value is -4.30. The number of ether oxygens (including phenoxy) is 3. The van der Waals surface area contributed by atoms with Crippen molar-refractivity contribution in [3.63, 3.8) is 0 Å². The van der Waals surface area contributed by atoms with Crippen LogP contribution >= 0.6 is 23.2 Å². The van der Waals surface area contributed by atoms with E-state index in [2.05, 4.69) is 6.07 Å². The van der Waals surface area contributed by atoms with Gasteiger partial charge in [0.1, 0.15) is 36.8 Å². The topological polar surface area (TPSA) is 103 Å². The van der Waals surface area contributed by atoms with Crippen molar-refractivity contribution in [2.75, 3.05) is 34.0 Å². The Morgan fingerprint density at radius 3 is 2.53 bits per heavy atom. The third-order valence-electron chi connectivity index (χ3n) is 7.59. The fourth-order valence-corrected chi connectivity index (χ4v) is 6.04. The summed E-state index contributed by atoms with van der Waals surface area (Å²) in [6, 6.07) is 12.7. The maximum absolute atomic E-state index is 14.1. The molecule has 1 amide bonds. The van der Waals surface area contributed by atoms with Crippen molar-refractivity contribution in [2.45, 2.75) is 26.0 Å². The molecule has 220 valence electrons. The lowest BCUT2D eigenvalue weighted by atomic mass is 9.95. The quantitative estimate of drug-likeness (QED) is 0.293. The van der Waals surface area contributed by atoms with E-state index in [-0.39, 0.29) is 18.2 Å². The Morgan fingerprint density at radius 2 is 1.86 bits per heavy atom. The number of hydrogen-bond donors (Lipinski definition) is 0. The molecule has 2 aliphatic rings. The zero-order chi connectivity index (χ0) is 30.5. The van der Waals surface area contributed by atoms with Gasteiger partial charge in [-0.15, -0.1) is 0 Å². The molecule has 0 N–H and O–H groups in total. The van der Waals surface area contributed by atoms with Crippen molar-refractivity contribution in [1.29, 1.82) is 5.26 Å². The average Bonchev–Trinajstić information content (AvgIpc) is 3.39. The number of morpholine rings is 1. The maximum Gasteiger partial charge on any atom is 0.275 e. The van der Waals surface area contributed by atoms with Crippen molar-refractivity contribution in [3.05, 3.63) is 75.7 Å². The molecule has 1 saturated heterocycles. The number of fused-ring (bicyclic) bond motifs is 3. The number of nitrogens with zero attached hydrogens (tertiary/aromatic N) is 5. The van der Waals surface area contributed by atoms with Crippen LogP contribution < -0.4 is 19.0 Å². The largest absolute Gasteiger partial charge is 0.496 e. The second-order valence-electron chi connectivity index (χ2n) is 10.8. The van der Waals surface area contributed by atoms with Gasteiger partial charge in [-0.05, 0) is 44.2 Å². The fourth-order valence-electron chi connectivity index (χ4n) is 5.52. The van der Waals surface area contributed by atoms with Gasteiger partial charge in [0, 0.05) is 44.1 Å². The SMILES string of the molecule is COc1cc2c(cc1-c1cc(C#N)c[n+](OC)c1)-c1c(c(C(=O)N3CCOCC3(C)C)nn1-c1cc(Cl)cc(Cl)c1)CO2. The highest BCUT2D eigenvalue weighted by Gasteiger charge is 2.39. The van der Waals surface area contributed by atoms with Gasteiger partial charge in [-0.25, -0.2) is 4.68 Å². The Labute approximate surface area is 258 Å². The predicted octanol–water partition coefficient (Wildman–Crippen LogP) is 4.88. The number of carbonyl (C=O) groups is 1. The van der Waals surface area contributed by atoms with Crippen LogP contribution in [0.15, 0.2) is 48.8 Å². The van der Waals surface area contributed by atoms with Crippen LogP contribution in [0, 0.1) is 11.3 Å². The lowest BCUT2D eigenvalue weighted by Gasteiger charge is -2.41. The number of hydrogen-bond acceptors (Lipinski definition) is 7. The summed E-state index contributed by atoms with van der Waals surface area (Å²) >= 11 is 12.8. The van der Waals surface area contributed by atoms with Crippen molar-refractivity contribution in [1.82, 2.24) is 14.7 Å². The molecule has 0 atom stereocenters. The summed E-state index contributed by atoms with van der Waals surface area (Å²) in [5.74, 6) is 0.854. The van der Waals surface area contributed by atoms with E-state index in [9.17, 15) is 10.1 Å². The Balaban J connectivity index is 1.60. The van der Waals surface area contributed by atoms with E-state index in [0.29, 0.717) is 80.5 Å². The second-order valence-corrected chi connectivity index (χ2v) is 11.7. The molecule has 0 radical (unpaired) electrons. The molecular weight excluding hydrogens is 593 g/mol. The van der Waals surface area contributed by atoms with Crippen molar-refractivity contribution in [3.8, 4) is 45.6 Å². The van der Waals surface area contributed by atoms with E-state index < -0.39 is 5.54 Å². The Morgan fingerprint density at radius 1 is 1.09 bits per heavy atom. The molecule has 0 unspecified atom stereocenters. The van der Waals surface area contributed by atoms with Crippen LogP contribution in [0.5, 0.6) is 11.5 Å². The smallest absolute Gasteiger partial charge is 0.275 e. The molecule has 4 aromatic rings. The molecule has 2 aromatic heterocycles. The maximum atomic E-state index is 14.1. The molecule has 10 nitrogen and oxygen atoms in total. The van der Waals surface area contributed by atoms with Crippen LogP contribution in [0.4, 0.5) is 0 Å². The summed E-state index contributed by atoms with van der Waals surface area (Å²) in [4.78, 5) is 21.3. The molecule has 12 heteroatoms. The van der Waals surface area contributed by atoms with E-state index in [1.54, 1.807) is 59.4 Å². The van der Waals surface area contributed by atoms with Gasteiger partial charge in [-0.2, -0.15) is 10.4 Å². The minimum Gasteiger partial charge on any atom is -0.496 e. The van der Waals surface area contributed by atoms with E-state index in [4.69, 9.17) is 47.3 Å². The first-order valence-electron chi connectivity index (χ1n) is 13.5. The molecule has 2 aromatic carbocycles. The van der Waals surface area contributed by atoms with Gasteiger partial charge in [0.05, 0.1) is 42.8 Å². The monoisotopic (exact) mass is 620 g/mol. The number of pyridine rings is 1. The van der Waals surface area contributed by atoms with E-state index in [1.165, 1.54) is 11.8 Å². The molecule has 0 aliphatic carbocycles. The highest BCUT2D eigenvalue weighted by Crippen LogP contribution is 2.46. The summed E-state index contributed by atoms with van der Waals surface area (Å²) in [6.45, 7) is 5.33. The molecule has 6 rings (SSSR count). The van der Waals surface area contributed by atoms with Crippen LogP contribution in [0.2, 0.25) is 10.0 Å². The second kappa shape index (κ2) is 11.1. The normalized spacial score (nSPS) is 15.1. The van der Waals surface area contributed by atoms with Crippen LogP contribution in [0.3, 0.4) is 0 Å². The van der Waals surface area contributed by atoms with Gasteiger partial charge >= 0.3 is 0 Å². The van der Waals surface area contributed by atoms with Gasteiger partial charge in [0.25, 0.3) is 5.91 Å². The summed E-state index contributed by atoms with van der Waals surface area (Å²) in [5.41, 5.74) is 4.05. The zero-order valence-corrected chi connectivity index (χ0v) is 25.5. The number of amides is 1. The van der Waals surface area contributed by atoms with Crippen molar-refractivity contribution >= 4 is 29.1 Å². The summed E-state index contributed by atoms with van der Waals surface area (Å²) in [7, 11) is 3.08. The van der Waals surface area contributed by atoms with Crippen molar-refractivity contribution < 1.29 is 28.6 Å². The number of nitriles is 1. The number of carbonyl (C=O) groups excluding carboxylic acids is 1. The minimum absolute atomic E-state index is 0.110. The number of rotatable bonds is 5. The van der Waals surface area contributed by atoms with Crippen molar-refractivity contribution in [2.24, 2.45) is 0 Å². The minimum atomic E-state index is -0.526. The summed E-state index contributed by atoms with van der Waals surface area (Å²) in [5, 5.41) is 15.4. The highest BCUT2D eigenvalue weighted by molar-refractivity contribution is 6.34. The van der Waals surface area contributed by atoms with Gasteiger partial charge in [-0.1, -0.05) is 23.2 Å². The molecule has 4 heterocycles. The molecule has 2 aliphatic heterocycles. The van der Waals surface area contributed by atoms with E-state index in [0.717, 1.165) is 0 Å². The number of halogens is 2. The summed E-state index contributed by atoms with van der Waals surface area (Å²) in [6.07, 6.45) is 3.33. The Kier molecular flexibility index (Phi) is 7.42. The average molecular weight is 622 g/mol. The first-order valence-corrected chi connectivity index (χ1v) is 14.2. The van der Waals surface area contributed by atoms with Crippen LogP contribution in [-0.2, 0) is 11.3 Å². The van der Waals surface area contributed by atoms with Crippen LogP contribution in [-0.4, -0.2) is 60.1 Å². The molecule has 0 bridgehead atoms. The lowest BCUT2D eigenvalue weighted by molar-refractivity contribution is -0.885. The summed E-state index contributed by atoms with van der Waals surface area (Å²) < 4.78 is 20.8. The first kappa shape index (κ1) is 28.8. The number of methoxy groups -OCH3 is 1. The third-order valence-corrected chi connectivity index (χ3v) is 8.03. The molecule has 1 fully saturated rings. The molecule has 43 heavy (non-hydrogen) atoms. The third kappa shape index (κ3) is 5.14. The molecule has 0 spiro atoms. The molecule has 0 saturated carbocycles. The number of aromatic nitrogens is 3. The lowest BCUT2D eigenvalue weighted by Crippen LogP contribution is -2.55. The van der Waals surface area contributed by atoms with E-state index >= 15 is 0 Å². The van der Waals surface area contributed by atoms with Crippen LogP contribution in [0.1, 0.15) is 35.5 Å². The standard InChI is InChI=1S/C31H28Cl2N5O5/c1-31(2)17-42-6-5-37(31)30(39)28-25-16-43-27-12-26(40-3)23(19-7-18(13-34)14-36(15-19)41-4)11-24(27)29(25)38(35-28)22-9-20(32)8-21(33)10-22/h7-12,14-15H,5-6,16-17H2,1-4H3/q+1. The van der Waals surface area contributed by atoms with Crippen LogP contribution in [0.25, 0.3) is 28.1 Å². The predicted molar refractivity (Wildman–Crippen MR) is 159 cm³/mol. The van der Waals surface area contributed by atoms with Gasteiger partial charge < -0.3 is 19.1 Å². The van der Waals surface area contributed by atoms with Gasteiger partial charge in [0.2, 0.25) is 12.4 Å². The van der Waals surface area contributed by atoms with Gasteiger partial charge in [0.15, 0.2) is 5.69 Å². The number of benzene rings is 2. The Bertz CT molecular complexity index is 1790. The zero-order valence-electron chi connectivity index (χ0n) is 24.0. The molecular formula is C31H28Cl2N5O5+. The highest BCUT2D eigenvalue weighted by atomic mass is 35.5. The first-order chi connectivity index (χ1) is 20.6.